The first kappa shape index (κ1) is 18.9. The van der Waals surface area contributed by atoms with Crippen LogP contribution in [0.4, 0.5) is 13.2 Å². The maximum Gasteiger partial charge on any atom is 0.471 e. The normalized spacial score (nSPS) is 19.7. The number of likely N-dealkylation sites (tertiary alicyclic amines) is 2. The molecular weight excluding hydrogens is 413 g/mol. The van der Waals surface area contributed by atoms with E-state index >= 15 is 0 Å². The molecule has 1 aromatic carbocycles. The van der Waals surface area contributed by atoms with Crippen LogP contribution in [0.25, 0.3) is 6.08 Å². The number of rotatable bonds is 2. The number of alkyl halides is 3. The largest absolute Gasteiger partial charge is 0.471 e. The quantitative estimate of drug-likeness (QED) is 0.673. The van der Waals surface area contributed by atoms with E-state index in [-0.39, 0.29) is 24.4 Å². The Kier molecular flexibility index (Phi) is 5.14. The van der Waals surface area contributed by atoms with Gasteiger partial charge in [0.25, 0.3) is 0 Å². The molecule has 2 amide bonds. The van der Waals surface area contributed by atoms with Gasteiger partial charge in [0, 0.05) is 42.1 Å². The minimum absolute atomic E-state index is 0.106. The lowest BCUT2D eigenvalue weighted by molar-refractivity contribution is -0.198. The van der Waals surface area contributed by atoms with E-state index in [1.54, 1.807) is 11.0 Å². The predicted molar refractivity (Wildman–Crippen MR) is 94.1 cm³/mol. The summed E-state index contributed by atoms with van der Waals surface area (Å²) in [5.74, 6) is -1.87. The molecule has 1 spiro atoms. The highest BCUT2D eigenvalue weighted by molar-refractivity contribution is 9.10. The summed E-state index contributed by atoms with van der Waals surface area (Å²) < 4.78 is 38.3. The zero-order valence-electron chi connectivity index (χ0n) is 13.9. The molecule has 2 aliphatic rings. The number of nitrogens with zero attached hydrogens (tertiary/aromatic N) is 2. The van der Waals surface area contributed by atoms with Crippen LogP contribution in [-0.4, -0.2) is 54.0 Å². The summed E-state index contributed by atoms with van der Waals surface area (Å²) in [5.41, 5.74) is 0.642. The third kappa shape index (κ3) is 4.11. The minimum atomic E-state index is -4.81. The lowest BCUT2D eigenvalue weighted by atomic mass is 9.72. The Bertz CT molecular complexity index is 715. The molecule has 2 aliphatic heterocycles. The van der Waals surface area contributed by atoms with E-state index < -0.39 is 12.1 Å². The van der Waals surface area contributed by atoms with Gasteiger partial charge < -0.3 is 9.80 Å². The zero-order valence-corrected chi connectivity index (χ0v) is 15.5. The summed E-state index contributed by atoms with van der Waals surface area (Å²) >= 11 is 3.35. The van der Waals surface area contributed by atoms with Crippen LogP contribution in [0.2, 0.25) is 0 Å². The van der Waals surface area contributed by atoms with Crippen LogP contribution in [0.15, 0.2) is 34.8 Å². The molecule has 0 aliphatic carbocycles. The van der Waals surface area contributed by atoms with Crippen molar-refractivity contribution in [3.63, 3.8) is 0 Å². The van der Waals surface area contributed by atoms with Gasteiger partial charge >= 0.3 is 12.1 Å². The molecule has 26 heavy (non-hydrogen) atoms. The molecule has 140 valence electrons. The van der Waals surface area contributed by atoms with Gasteiger partial charge in [-0.25, -0.2) is 0 Å². The molecule has 2 heterocycles. The molecule has 8 heteroatoms. The maximum atomic E-state index is 12.4. The van der Waals surface area contributed by atoms with E-state index in [1.807, 2.05) is 24.3 Å². The highest BCUT2D eigenvalue weighted by Crippen LogP contribution is 2.41. The van der Waals surface area contributed by atoms with Gasteiger partial charge in [0.1, 0.15) is 0 Å². The first-order chi connectivity index (χ1) is 12.2. The number of carbonyl (C=O) groups is 2. The van der Waals surface area contributed by atoms with Gasteiger partial charge in [0.05, 0.1) is 0 Å². The first-order valence-corrected chi connectivity index (χ1v) is 9.07. The molecule has 0 N–H and O–H groups in total. The van der Waals surface area contributed by atoms with Crippen LogP contribution in [-0.2, 0) is 9.59 Å². The minimum Gasteiger partial charge on any atom is -0.339 e. The van der Waals surface area contributed by atoms with Crippen molar-refractivity contribution in [3.05, 3.63) is 40.4 Å². The molecule has 1 aromatic rings. The summed E-state index contributed by atoms with van der Waals surface area (Å²) in [5, 5.41) is 0. The van der Waals surface area contributed by atoms with Crippen molar-refractivity contribution in [2.45, 2.75) is 19.0 Å². The highest BCUT2D eigenvalue weighted by atomic mass is 79.9. The summed E-state index contributed by atoms with van der Waals surface area (Å²) in [7, 11) is 0. The van der Waals surface area contributed by atoms with Crippen LogP contribution in [0.5, 0.6) is 0 Å². The van der Waals surface area contributed by atoms with Gasteiger partial charge in [0.2, 0.25) is 5.91 Å². The number of carbonyl (C=O) groups excluding carboxylic acids is 2. The second kappa shape index (κ2) is 7.06. The standard InChI is InChI=1S/C18H18BrF3N2O2/c19-14-4-1-13(2-5-14)3-6-15(25)23-9-7-17(8-10-23)11-24(12-17)16(26)18(20,21)22/h1-6H,7-12H2. The lowest BCUT2D eigenvalue weighted by Gasteiger charge is -2.53. The topological polar surface area (TPSA) is 40.6 Å². The molecular formula is C18H18BrF3N2O2. The van der Waals surface area contributed by atoms with Crippen LogP contribution in [0.3, 0.4) is 0 Å². The third-order valence-corrected chi connectivity index (χ3v) is 5.54. The average molecular weight is 431 g/mol. The van der Waals surface area contributed by atoms with Crippen molar-refractivity contribution >= 4 is 33.8 Å². The lowest BCUT2D eigenvalue weighted by Crippen LogP contribution is -2.64. The van der Waals surface area contributed by atoms with Crippen LogP contribution in [0, 0.1) is 5.41 Å². The van der Waals surface area contributed by atoms with E-state index in [0.29, 0.717) is 25.9 Å². The molecule has 3 rings (SSSR count). The monoisotopic (exact) mass is 430 g/mol. The molecule has 0 aromatic heterocycles. The Labute approximate surface area is 157 Å². The molecule has 0 bridgehead atoms. The van der Waals surface area contributed by atoms with E-state index in [2.05, 4.69) is 15.9 Å². The number of hydrogen-bond acceptors (Lipinski definition) is 2. The van der Waals surface area contributed by atoms with Crippen molar-refractivity contribution in [1.29, 1.82) is 0 Å². The SMILES string of the molecule is O=C(C=Cc1ccc(Br)cc1)N1CCC2(CC1)CN(C(=O)C(F)(F)F)C2. The Balaban J connectivity index is 1.49. The van der Waals surface area contributed by atoms with Gasteiger partial charge in [0.15, 0.2) is 0 Å². The summed E-state index contributed by atoms with van der Waals surface area (Å²) in [6.07, 6.45) is -0.317. The Morgan fingerprint density at radius 3 is 2.15 bits per heavy atom. The van der Waals surface area contributed by atoms with E-state index in [9.17, 15) is 22.8 Å². The van der Waals surface area contributed by atoms with Crippen molar-refractivity contribution in [3.8, 4) is 0 Å². The molecule has 0 unspecified atom stereocenters. The third-order valence-electron chi connectivity index (χ3n) is 5.01. The Hall–Kier alpha value is -1.83. The molecule has 2 saturated heterocycles. The number of halogens is 4. The summed E-state index contributed by atoms with van der Waals surface area (Å²) in [6, 6.07) is 7.55. The van der Waals surface area contributed by atoms with Crippen LogP contribution in [0.1, 0.15) is 18.4 Å². The van der Waals surface area contributed by atoms with Crippen molar-refractivity contribution in [2.24, 2.45) is 5.41 Å². The van der Waals surface area contributed by atoms with Gasteiger partial charge in [-0.1, -0.05) is 28.1 Å². The van der Waals surface area contributed by atoms with E-state index in [4.69, 9.17) is 0 Å². The Morgan fingerprint density at radius 1 is 1.04 bits per heavy atom. The fraction of sp³-hybridized carbons (Fsp3) is 0.444. The van der Waals surface area contributed by atoms with Gasteiger partial charge in [-0.15, -0.1) is 0 Å². The number of benzene rings is 1. The van der Waals surface area contributed by atoms with E-state index in [0.717, 1.165) is 14.9 Å². The predicted octanol–water partition coefficient (Wildman–Crippen LogP) is 3.48. The molecule has 0 saturated carbocycles. The second-order valence-corrected chi connectivity index (χ2v) is 7.78. The smallest absolute Gasteiger partial charge is 0.339 e. The maximum absolute atomic E-state index is 12.4. The fourth-order valence-electron chi connectivity index (χ4n) is 3.45. The van der Waals surface area contributed by atoms with Gasteiger partial charge in [-0.3, -0.25) is 9.59 Å². The molecule has 0 atom stereocenters. The average Bonchev–Trinajstić information content (AvgIpc) is 2.57. The van der Waals surface area contributed by atoms with Gasteiger partial charge in [-0.2, -0.15) is 13.2 Å². The summed E-state index contributed by atoms with van der Waals surface area (Å²) in [4.78, 5) is 26.0. The molecule has 0 radical (unpaired) electrons. The highest BCUT2D eigenvalue weighted by Gasteiger charge is 2.53. The summed E-state index contributed by atoms with van der Waals surface area (Å²) in [6.45, 7) is 1.25. The zero-order chi connectivity index (χ0) is 18.9. The fourth-order valence-corrected chi connectivity index (χ4v) is 3.72. The van der Waals surface area contributed by atoms with Crippen molar-refractivity contribution in [2.75, 3.05) is 26.2 Å². The number of piperidine rings is 1. The number of amides is 2. The number of hydrogen-bond donors (Lipinski definition) is 0. The molecule has 2 fully saturated rings. The molecule has 4 nitrogen and oxygen atoms in total. The van der Waals surface area contributed by atoms with Crippen molar-refractivity contribution in [1.82, 2.24) is 9.80 Å². The second-order valence-electron chi connectivity index (χ2n) is 6.87. The van der Waals surface area contributed by atoms with Crippen LogP contribution >= 0.6 is 15.9 Å². The van der Waals surface area contributed by atoms with E-state index in [1.165, 1.54) is 6.08 Å². The van der Waals surface area contributed by atoms with Gasteiger partial charge in [-0.05, 0) is 36.6 Å². The first-order valence-electron chi connectivity index (χ1n) is 8.27. The van der Waals surface area contributed by atoms with Crippen LogP contribution < -0.4 is 0 Å². The van der Waals surface area contributed by atoms with Crippen molar-refractivity contribution < 1.29 is 22.8 Å². The Morgan fingerprint density at radius 2 is 1.62 bits per heavy atom.